The lowest BCUT2D eigenvalue weighted by Gasteiger charge is -2.34. The summed E-state index contributed by atoms with van der Waals surface area (Å²) in [4.78, 5) is 29.6. The third-order valence-corrected chi connectivity index (χ3v) is 9.38. The Labute approximate surface area is 259 Å². The van der Waals surface area contributed by atoms with Gasteiger partial charge in [-0.05, 0) is 61.2 Å². The summed E-state index contributed by atoms with van der Waals surface area (Å²) in [6.07, 6.45) is 0.887. The van der Waals surface area contributed by atoms with Gasteiger partial charge >= 0.3 is 0 Å². The molecule has 230 valence electrons. The van der Waals surface area contributed by atoms with Crippen molar-refractivity contribution in [2.75, 3.05) is 10.8 Å². The van der Waals surface area contributed by atoms with Crippen LogP contribution in [0.15, 0.2) is 114 Å². The summed E-state index contributed by atoms with van der Waals surface area (Å²) in [5.41, 5.74) is 2.29. The van der Waals surface area contributed by atoms with E-state index in [1.165, 1.54) is 35.2 Å². The molecule has 9 heteroatoms. The summed E-state index contributed by atoms with van der Waals surface area (Å²) in [5.74, 6) is -1.79. The lowest BCUT2D eigenvalue weighted by atomic mass is 10.0. The van der Waals surface area contributed by atoms with Crippen molar-refractivity contribution in [2.24, 2.45) is 0 Å². The number of anilines is 1. The topological polar surface area (TPSA) is 86.8 Å². The van der Waals surface area contributed by atoms with Crippen LogP contribution >= 0.6 is 0 Å². The fourth-order valence-electron chi connectivity index (χ4n) is 4.85. The number of hydrogen-bond donors (Lipinski definition) is 1. The number of para-hydroxylation sites is 1. The summed E-state index contributed by atoms with van der Waals surface area (Å²) in [7, 11) is -4.37. The number of aryl methyl sites for hydroxylation is 1. The van der Waals surface area contributed by atoms with Gasteiger partial charge in [-0.2, -0.15) is 0 Å². The van der Waals surface area contributed by atoms with Gasteiger partial charge in [0.05, 0.1) is 10.6 Å². The second-order valence-electron chi connectivity index (χ2n) is 10.7. The van der Waals surface area contributed by atoms with Crippen molar-refractivity contribution in [1.82, 2.24) is 10.2 Å². The zero-order valence-electron chi connectivity index (χ0n) is 25.2. The average Bonchev–Trinajstić information content (AvgIpc) is 3.03. The molecule has 2 atom stereocenters. The van der Waals surface area contributed by atoms with Gasteiger partial charge in [-0.3, -0.25) is 13.9 Å². The number of halogens is 1. The van der Waals surface area contributed by atoms with Gasteiger partial charge in [0.1, 0.15) is 18.4 Å². The molecule has 0 unspecified atom stereocenters. The minimum absolute atomic E-state index is 0.0490. The zero-order valence-corrected chi connectivity index (χ0v) is 26.0. The Hall–Kier alpha value is -4.50. The van der Waals surface area contributed by atoms with Crippen LogP contribution in [-0.2, 0) is 32.6 Å². The number of rotatable bonds is 13. The molecule has 0 aliphatic rings. The molecule has 0 fully saturated rings. The largest absolute Gasteiger partial charge is 0.352 e. The molecule has 7 nitrogen and oxygen atoms in total. The summed E-state index contributed by atoms with van der Waals surface area (Å²) in [6, 6.07) is 28.8. The van der Waals surface area contributed by atoms with Crippen LogP contribution in [0.5, 0.6) is 0 Å². The predicted molar refractivity (Wildman–Crippen MR) is 171 cm³/mol. The first-order chi connectivity index (χ1) is 21.1. The van der Waals surface area contributed by atoms with Gasteiger partial charge in [0.25, 0.3) is 10.0 Å². The average molecular weight is 616 g/mol. The molecular weight excluding hydrogens is 577 g/mol. The van der Waals surface area contributed by atoms with Crippen molar-refractivity contribution in [1.29, 1.82) is 0 Å². The quantitative estimate of drug-likeness (QED) is 0.203. The third kappa shape index (κ3) is 7.90. The SMILES string of the molecule is CC[C@H](C)NC(=O)[C@@H](Cc1ccccc1)N(Cc1ccccc1C)C(=O)CN(c1ccccc1F)S(=O)(=O)c1ccccc1. The van der Waals surface area contributed by atoms with Crippen LogP contribution in [0.3, 0.4) is 0 Å². The first-order valence-electron chi connectivity index (χ1n) is 14.6. The molecule has 0 spiro atoms. The monoisotopic (exact) mass is 615 g/mol. The van der Waals surface area contributed by atoms with Crippen LogP contribution in [0.4, 0.5) is 10.1 Å². The molecule has 4 aromatic rings. The van der Waals surface area contributed by atoms with Crippen LogP contribution in [0, 0.1) is 12.7 Å². The highest BCUT2D eigenvalue weighted by Gasteiger charge is 2.35. The second-order valence-corrected chi connectivity index (χ2v) is 12.6. The number of hydrogen-bond acceptors (Lipinski definition) is 4. The van der Waals surface area contributed by atoms with Crippen molar-refractivity contribution in [3.8, 4) is 0 Å². The molecular formula is C35H38FN3O4S. The van der Waals surface area contributed by atoms with E-state index in [0.717, 1.165) is 27.1 Å². The first kappa shape index (κ1) is 32.4. The number of carbonyl (C=O) groups excluding carboxylic acids is 2. The number of nitrogens with one attached hydrogen (secondary N) is 1. The van der Waals surface area contributed by atoms with Gasteiger partial charge in [0, 0.05) is 19.0 Å². The maximum atomic E-state index is 15.2. The van der Waals surface area contributed by atoms with Crippen LogP contribution < -0.4 is 9.62 Å². The Morgan fingerprint density at radius 1 is 0.841 bits per heavy atom. The number of amides is 2. The van der Waals surface area contributed by atoms with Crippen molar-refractivity contribution >= 4 is 27.5 Å². The van der Waals surface area contributed by atoms with Gasteiger partial charge in [0.2, 0.25) is 11.8 Å². The molecule has 4 rings (SSSR count). The van der Waals surface area contributed by atoms with Crippen molar-refractivity contribution < 1.29 is 22.4 Å². The molecule has 0 saturated heterocycles. The molecule has 0 saturated carbocycles. The molecule has 0 aliphatic heterocycles. The fraction of sp³-hybridized carbons (Fsp3) is 0.257. The highest BCUT2D eigenvalue weighted by atomic mass is 32.2. The second kappa shape index (κ2) is 14.8. The fourth-order valence-corrected chi connectivity index (χ4v) is 6.30. The van der Waals surface area contributed by atoms with E-state index in [4.69, 9.17) is 0 Å². The van der Waals surface area contributed by atoms with E-state index in [-0.39, 0.29) is 35.5 Å². The van der Waals surface area contributed by atoms with Gasteiger partial charge in [-0.15, -0.1) is 0 Å². The molecule has 44 heavy (non-hydrogen) atoms. The Balaban J connectivity index is 1.82. The predicted octanol–water partition coefficient (Wildman–Crippen LogP) is 5.88. The summed E-state index contributed by atoms with van der Waals surface area (Å²) in [5, 5.41) is 3.01. The van der Waals surface area contributed by atoms with Crippen LogP contribution in [-0.4, -0.2) is 43.8 Å². The van der Waals surface area contributed by atoms with Gasteiger partial charge in [-0.1, -0.05) is 91.9 Å². The third-order valence-electron chi connectivity index (χ3n) is 7.61. The molecule has 1 N–H and O–H groups in total. The smallest absolute Gasteiger partial charge is 0.264 e. The van der Waals surface area contributed by atoms with E-state index < -0.39 is 34.3 Å². The number of benzene rings is 4. The van der Waals surface area contributed by atoms with Crippen molar-refractivity contribution in [3.05, 3.63) is 132 Å². The van der Waals surface area contributed by atoms with Crippen LogP contribution in [0.25, 0.3) is 0 Å². The van der Waals surface area contributed by atoms with Crippen molar-refractivity contribution in [3.63, 3.8) is 0 Å². The Bertz CT molecular complexity index is 1670. The standard InChI is InChI=1S/C35H38FN3O4S/c1-4-27(3)37-35(41)33(23-28-16-7-5-8-17-28)38(24-29-18-12-11-15-26(29)2)34(40)25-39(32-22-14-13-21-31(32)36)44(42,43)30-19-9-6-10-20-30/h5-22,27,33H,4,23-25H2,1-3H3,(H,37,41)/t27-,33+/m0/s1. The van der Waals surface area contributed by atoms with Crippen molar-refractivity contribution in [2.45, 2.75) is 57.1 Å². The molecule has 0 radical (unpaired) electrons. The molecule has 0 bridgehead atoms. The van der Waals surface area contributed by atoms with Crippen LogP contribution in [0.2, 0.25) is 0 Å². The summed E-state index contributed by atoms with van der Waals surface area (Å²) in [6.45, 7) is 5.08. The van der Waals surface area contributed by atoms with Gasteiger partial charge < -0.3 is 10.2 Å². The summed E-state index contributed by atoms with van der Waals surface area (Å²) < 4.78 is 43.9. The lowest BCUT2D eigenvalue weighted by molar-refractivity contribution is -0.140. The zero-order chi connectivity index (χ0) is 31.7. The van der Waals surface area contributed by atoms with E-state index in [0.29, 0.717) is 6.42 Å². The van der Waals surface area contributed by atoms with Gasteiger partial charge in [0.15, 0.2) is 0 Å². The number of carbonyl (C=O) groups is 2. The van der Waals surface area contributed by atoms with E-state index >= 15 is 4.39 Å². The highest BCUT2D eigenvalue weighted by Crippen LogP contribution is 2.27. The minimum atomic E-state index is -4.37. The van der Waals surface area contributed by atoms with Crippen LogP contribution in [0.1, 0.15) is 37.0 Å². The van der Waals surface area contributed by atoms with Gasteiger partial charge in [-0.25, -0.2) is 12.8 Å². The first-order valence-corrected chi connectivity index (χ1v) is 16.1. The molecule has 0 aromatic heterocycles. The van der Waals surface area contributed by atoms with E-state index in [9.17, 15) is 18.0 Å². The summed E-state index contributed by atoms with van der Waals surface area (Å²) >= 11 is 0. The molecule has 0 heterocycles. The molecule has 4 aromatic carbocycles. The van der Waals surface area contributed by atoms with E-state index in [2.05, 4.69) is 5.32 Å². The Morgan fingerprint density at radius 3 is 2.07 bits per heavy atom. The number of sulfonamides is 1. The normalized spacial score (nSPS) is 12.6. The van der Waals surface area contributed by atoms with E-state index in [1.54, 1.807) is 18.2 Å². The molecule has 2 amide bonds. The lowest BCUT2D eigenvalue weighted by Crippen LogP contribution is -2.54. The maximum Gasteiger partial charge on any atom is 0.264 e. The Kier molecular flexibility index (Phi) is 10.9. The molecule has 0 aliphatic carbocycles. The minimum Gasteiger partial charge on any atom is -0.352 e. The maximum absolute atomic E-state index is 15.2. The Morgan fingerprint density at radius 2 is 1.43 bits per heavy atom. The number of nitrogens with zero attached hydrogens (tertiary/aromatic N) is 2. The highest BCUT2D eigenvalue weighted by molar-refractivity contribution is 7.92. The van der Waals surface area contributed by atoms with E-state index in [1.807, 2.05) is 75.4 Å².